The van der Waals surface area contributed by atoms with Crippen LogP contribution < -0.4 is 15.0 Å². The van der Waals surface area contributed by atoms with Gasteiger partial charge in [-0.05, 0) is 48.7 Å². The van der Waals surface area contributed by atoms with Crippen molar-refractivity contribution in [3.05, 3.63) is 59.7 Å². The fourth-order valence-electron chi connectivity index (χ4n) is 2.85. The van der Waals surface area contributed by atoms with Crippen LogP contribution in [0.4, 0.5) is 5.69 Å². The normalized spacial score (nSPS) is 13.9. The van der Waals surface area contributed by atoms with Gasteiger partial charge in [0.1, 0.15) is 5.75 Å². The van der Waals surface area contributed by atoms with Gasteiger partial charge >= 0.3 is 0 Å². The standard InChI is InChI=1S/C19H22N2O2/c1-23-18-6-4-5-16(13-18)19(22)20-14-15-7-9-17(10-8-15)21-11-2-3-12-21/h4-10,13H,2-3,11-12,14H2,1H3,(H,20,22). The highest BCUT2D eigenvalue weighted by molar-refractivity contribution is 5.94. The lowest BCUT2D eigenvalue weighted by atomic mass is 10.1. The van der Waals surface area contributed by atoms with Crippen molar-refractivity contribution in [3.8, 4) is 5.75 Å². The number of nitrogens with one attached hydrogen (secondary N) is 1. The molecule has 0 saturated carbocycles. The molecule has 0 spiro atoms. The van der Waals surface area contributed by atoms with E-state index in [1.54, 1.807) is 19.2 Å². The predicted octanol–water partition coefficient (Wildman–Crippen LogP) is 3.23. The summed E-state index contributed by atoms with van der Waals surface area (Å²) in [5.74, 6) is 0.597. The van der Waals surface area contributed by atoms with Crippen molar-refractivity contribution in [2.75, 3.05) is 25.1 Å². The molecule has 4 heteroatoms. The number of nitrogens with zero attached hydrogens (tertiary/aromatic N) is 1. The SMILES string of the molecule is COc1cccc(C(=O)NCc2ccc(N3CCCC3)cc2)c1. The van der Waals surface area contributed by atoms with Gasteiger partial charge in [0, 0.05) is 30.9 Å². The third-order valence-corrected chi connectivity index (χ3v) is 4.19. The van der Waals surface area contributed by atoms with Crippen LogP contribution >= 0.6 is 0 Å². The van der Waals surface area contributed by atoms with E-state index in [4.69, 9.17) is 4.74 Å². The van der Waals surface area contributed by atoms with E-state index in [-0.39, 0.29) is 5.91 Å². The first-order valence-electron chi connectivity index (χ1n) is 8.02. The monoisotopic (exact) mass is 310 g/mol. The Morgan fingerprint density at radius 3 is 2.57 bits per heavy atom. The van der Waals surface area contributed by atoms with Crippen molar-refractivity contribution in [2.24, 2.45) is 0 Å². The Hall–Kier alpha value is -2.49. The molecule has 2 aromatic carbocycles. The van der Waals surface area contributed by atoms with Crippen LogP contribution in [0.5, 0.6) is 5.75 Å². The molecule has 4 nitrogen and oxygen atoms in total. The average molecular weight is 310 g/mol. The van der Waals surface area contributed by atoms with Crippen molar-refractivity contribution < 1.29 is 9.53 Å². The molecule has 1 aliphatic rings. The van der Waals surface area contributed by atoms with E-state index in [0.29, 0.717) is 17.9 Å². The number of amides is 1. The first kappa shape index (κ1) is 15.4. The van der Waals surface area contributed by atoms with E-state index in [2.05, 4.69) is 34.5 Å². The number of carbonyl (C=O) groups excluding carboxylic acids is 1. The second kappa shape index (κ2) is 7.18. The minimum Gasteiger partial charge on any atom is -0.497 e. The Balaban J connectivity index is 1.58. The van der Waals surface area contributed by atoms with Gasteiger partial charge in [0.2, 0.25) is 0 Å². The number of ether oxygens (including phenoxy) is 1. The molecule has 1 fully saturated rings. The molecule has 0 bridgehead atoms. The van der Waals surface area contributed by atoms with Crippen LogP contribution in [0.1, 0.15) is 28.8 Å². The van der Waals surface area contributed by atoms with Gasteiger partial charge in [-0.3, -0.25) is 4.79 Å². The number of carbonyl (C=O) groups is 1. The number of hydrogen-bond donors (Lipinski definition) is 1. The lowest BCUT2D eigenvalue weighted by Gasteiger charge is -2.17. The van der Waals surface area contributed by atoms with Crippen LogP contribution in [0.25, 0.3) is 0 Å². The van der Waals surface area contributed by atoms with Crippen LogP contribution in [0.3, 0.4) is 0 Å². The third-order valence-electron chi connectivity index (χ3n) is 4.19. The number of benzene rings is 2. The number of hydrogen-bond acceptors (Lipinski definition) is 3. The number of methoxy groups -OCH3 is 1. The minimum absolute atomic E-state index is 0.0903. The van der Waals surface area contributed by atoms with Gasteiger partial charge in [-0.15, -0.1) is 0 Å². The first-order valence-corrected chi connectivity index (χ1v) is 8.02. The van der Waals surface area contributed by atoms with Crippen LogP contribution in [0.15, 0.2) is 48.5 Å². The Morgan fingerprint density at radius 1 is 1.13 bits per heavy atom. The maximum Gasteiger partial charge on any atom is 0.251 e. The lowest BCUT2D eigenvalue weighted by Crippen LogP contribution is -2.23. The highest BCUT2D eigenvalue weighted by Gasteiger charge is 2.12. The molecular weight excluding hydrogens is 288 g/mol. The first-order chi connectivity index (χ1) is 11.3. The zero-order valence-corrected chi connectivity index (χ0v) is 13.4. The second-order valence-electron chi connectivity index (χ2n) is 5.78. The van der Waals surface area contributed by atoms with Gasteiger partial charge in [0.25, 0.3) is 5.91 Å². The van der Waals surface area contributed by atoms with Gasteiger partial charge in [-0.25, -0.2) is 0 Å². The Morgan fingerprint density at radius 2 is 1.87 bits per heavy atom. The molecule has 1 amide bonds. The van der Waals surface area contributed by atoms with Gasteiger partial charge in [-0.1, -0.05) is 18.2 Å². The molecule has 3 rings (SSSR count). The highest BCUT2D eigenvalue weighted by atomic mass is 16.5. The molecule has 1 heterocycles. The summed E-state index contributed by atoms with van der Waals surface area (Å²) < 4.78 is 5.15. The maximum atomic E-state index is 12.2. The van der Waals surface area contributed by atoms with Crippen LogP contribution in [0, 0.1) is 0 Å². The van der Waals surface area contributed by atoms with Crippen LogP contribution in [-0.4, -0.2) is 26.1 Å². The predicted molar refractivity (Wildman–Crippen MR) is 92.1 cm³/mol. The molecular formula is C19H22N2O2. The average Bonchev–Trinajstić information content (AvgIpc) is 3.15. The maximum absolute atomic E-state index is 12.2. The third kappa shape index (κ3) is 3.83. The van der Waals surface area contributed by atoms with E-state index in [0.717, 1.165) is 18.7 Å². The molecule has 0 radical (unpaired) electrons. The summed E-state index contributed by atoms with van der Waals surface area (Å²) in [4.78, 5) is 14.6. The Bertz CT molecular complexity index is 661. The summed E-state index contributed by atoms with van der Waals surface area (Å²) in [7, 11) is 1.60. The molecule has 1 N–H and O–H groups in total. The quantitative estimate of drug-likeness (QED) is 0.922. The smallest absolute Gasteiger partial charge is 0.251 e. The number of rotatable bonds is 5. The van der Waals surface area contributed by atoms with E-state index < -0.39 is 0 Å². The fraction of sp³-hybridized carbons (Fsp3) is 0.316. The van der Waals surface area contributed by atoms with Crippen molar-refractivity contribution >= 4 is 11.6 Å². The zero-order chi connectivity index (χ0) is 16.1. The summed E-state index contributed by atoms with van der Waals surface area (Å²) in [6.07, 6.45) is 2.55. The zero-order valence-electron chi connectivity index (χ0n) is 13.4. The molecule has 1 aliphatic heterocycles. The molecule has 0 aromatic heterocycles. The summed E-state index contributed by atoms with van der Waals surface area (Å²) in [5.41, 5.74) is 2.98. The van der Waals surface area contributed by atoms with Gasteiger partial charge in [-0.2, -0.15) is 0 Å². The fourth-order valence-corrected chi connectivity index (χ4v) is 2.85. The summed E-state index contributed by atoms with van der Waals surface area (Å²) >= 11 is 0. The Kier molecular flexibility index (Phi) is 4.81. The summed E-state index contributed by atoms with van der Waals surface area (Å²) in [5, 5.41) is 2.95. The highest BCUT2D eigenvalue weighted by Crippen LogP contribution is 2.20. The molecule has 0 aliphatic carbocycles. The van der Waals surface area contributed by atoms with E-state index in [1.165, 1.54) is 18.5 Å². The Labute approximate surface area is 137 Å². The molecule has 0 unspecified atom stereocenters. The van der Waals surface area contributed by atoms with E-state index in [9.17, 15) is 4.79 Å². The van der Waals surface area contributed by atoms with Crippen LogP contribution in [-0.2, 0) is 6.54 Å². The number of anilines is 1. The topological polar surface area (TPSA) is 41.6 Å². The summed E-state index contributed by atoms with van der Waals surface area (Å²) in [6, 6.07) is 15.6. The largest absolute Gasteiger partial charge is 0.497 e. The van der Waals surface area contributed by atoms with Crippen molar-refractivity contribution in [1.82, 2.24) is 5.32 Å². The molecule has 120 valence electrons. The second-order valence-corrected chi connectivity index (χ2v) is 5.78. The minimum atomic E-state index is -0.0903. The van der Waals surface area contributed by atoms with Crippen molar-refractivity contribution in [2.45, 2.75) is 19.4 Å². The van der Waals surface area contributed by atoms with Crippen molar-refractivity contribution in [3.63, 3.8) is 0 Å². The van der Waals surface area contributed by atoms with Crippen molar-refractivity contribution in [1.29, 1.82) is 0 Å². The van der Waals surface area contributed by atoms with Crippen LogP contribution in [0.2, 0.25) is 0 Å². The lowest BCUT2D eigenvalue weighted by molar-refractivity contribution is 0.0950. The summed E-state index contributed by atoms with van der Waals surface area (Å²) in [6.45, 7) is 2.81. The molecule has 0 atom stereocenters. The van der Waals surface area contributed by atoms with Gasteiger partial charge in [0.05, 0.1) is 7.11 Å². The van der Waals surface area contributed by atoms with Gasteiger partial charge < -0.3 is 15.0 Å². The van der Waals surface area contributed by atoms with E-state index >= 15 is 0 Å². The molecule has 1 saturated heterocycles. The van der Waals surface area contributed by atoms with Gasteiger partial charge in [0.15, 0.2) is 0 Å². The molecule has 23 heavy (non-hydrogen) atoms. The van der Waals surface area contributed by atoms with E-state index in [1.807, 2.05) is 12.1 Å². The molecule has 2 aromatic rings.